The van der Waals surface area contributed by atoms with Crippen molar-refractivity contribution >= 4 is 11.6 Å². The lowest BCUT2D eigenvalue weighted by atomic mass is 9.96. The van der Waals surface area contributed by atoms with Crippen LogP contribution in [-0.2, 0) is 6.18 Å². The van der Waals surface area contributed by atoms with Crippen LogP contribution in [0.1, 0.15) is 23.6 Å². The molecule has 2 rings (SSSR count). The van der Waals surface area contributed by atoms with Crippen molar-refractivity contribution in [3.63, 3.8) is 0 Å². The molecule has 15 heavy (non-hydrogen) atoms. The molecule has 1 N–H and O–H groups in total. The van der Waals surface area contributed by atoms with Gasteiger partial charge in [0.05, 0.1) is 10.6 Å². The molecular formula is C10H9ClF3N. The molecule has 1 atom stereocenters. The number of hydrogen-bond acceptors (Lipinski definition) is 1. The molecule has 1 aromatic rings. The highest BCUT2D eigenvalue weighted by atomic mass is 35.5. The Labute approximate surface area is 90.2 Å². The Kier molecular flexibility index (Phi) is 2.64. The van der Waals surface area contributed by atoms with Crippen LogP contribution in [0.4, 0.5) is 13.2 Å². The summed E-state index contributed by atoms with van der Waals surface area (Å²) < 4.78 is 37.5. The molecule has 0 amide bonds. The van der Waals surface area contributed by atoms with Crippen LogP contribution in [0, 0.1) is 0 Å². The summed E-state index contributed by atoms with van der Waals surface area (Å²) in [6.07, 6.45) is -3.50. The lowest BCUT2D eigenvalue weighted by molar-refractivity contribution is -0.137. The number of hydrogen-bond donors (Lipinski definition) is 1. The molecule has 82 valence electrons. The highest BCUT2D eigenvalue weighted by Crippen LogP contribution is 2.37. The Morgan fingerprint density at radius 3 is 2.47 bits per heavy atom. The van der Waals surface area contributed by atoms with Gasteiger partial charge in [0.1, 0.15) is 0 Å². The summed E-state index contributed by atoms with van der Waals surface area (Å²) in [5.41, 5.74) is -0.103. The zero-order chi connectivity index (χ0) is 11.1. The number of nitrogens with one attached hydrogen (secondary N) is 1. The summed E-state index contributed by atoms with van der Waals surface area (Å²) in [4.78, 5) is 0. The van der Waals surface area contributed by atoms with Gasteiger partial charge < -0.3 is 5.32 Å². The van der Waals surface area contributed by atoms with Gasteiger partial charge >= 0.3 is 6.18 Å². The molecule has 1 nitrogen and oxygen atoms in total. The molecule has 5 heteroatoms. The normalized spacial score (nSPS) is 21.2. The van der Waals surface area contributed by atoms with Gasteiger partial charge in [-0.1, -0.05) is 17.7 Å². The van der Waals surface area contributed by atoms with E-state index in [1.807, 2.05) is 0 Å². The van der Waals surface area contributed by atoms with Gasteiger partial charge in [0.15, 0.2) is 0 Å². The number of alkyl halides is 3. The molecule has 1 fully saturated rings. The van der Waals surface area contributed by atoms with Gasteiger partial charge in [-0.15, -0.1) is 0 Å². The molecule has 0 spiro atoms. The van der Waals surface area contributed by atoms with Crippen LogP contribution in [-0.4, -0.2) is 6.54 Å². The fourth-order valence-corrected chi connectivity index (χ4v) is 1.77. The van der Waals surface area contributed by atoms with Gasteiger partial charge in [0.2, 0.25) is 0 Å². The second kappa shape index (κ2) is 3.68. The standard InChI is InChI=1S/C10H9ClF3N/c11-8-2-1-6(9-3-4-15-9)5-7(8)10(12,13)14/h1-2,5,9,15H,3-4H2/t9-/m1/s1. The molecule has 1 heterocycles. The highest BCUT2D eigenvalue weighted by molar-refractivity contribution is 6.31. The first-order valence-corrected chi connectivity index (χ1v) is 4.96. The van der Waals surface area contributed by atoms with Gasteiger partial charge in [0.25, 0.3) is 0 Å². The van der Waals surface area contributed by atoms with E-state index in [0.717, 1.165) is 19.0 Å². The molecule has 1 saturated heterocycles. The van der Waals surface area contributed by atoms with Crippen LogP contribution in [0.2, 0.25) is 5.02 Å². The average molecular weight is 236 g/mol. The predicted octanol–water partition coefficient (Wildman–Crippen LogP) is 3.39. The third kappa shape index (κ3) is 2.11. The van der Waals surface area contributed by atoms with Gasteiger partial charge in [-0.25, -0.2) is 0 Å². The summed E-state index contributed by atoms with van der Waals surface area (Å²) in [5.74, 6) is 0. The average Bonchev–Trinajstić information content (AvgIpc) is 2.03. The fourth-order valence-electron chi connectivity index (χ4n) is 1.55. The Morgan fingerprint density at radius 2 is 2.00 bits per heavy atom. The van der Waals surface area contributed by atoms with Crippen molar-refractivity contribution in [1.82, 2.24) is 5.32 Å². The number of rotatable bonds is 1. The van der Waals surface area contributed by atoms with Gasteiger partial charge in [-0.05, 0) is 30.7 Å². The first-order valence-electron chi connectivity index (χ1n) is 4.58. The minimum atomic E-state index is -4.38. The molecule has 1 aliphatic heterocycles. The molecule has 0 saturated carbocycles. The minimum absolute atomic E-state index is 0.0448. The Balaban J connectivity index is 2.36. The van der Waals surface area contributed by atoms with Gasteiger partial charge in [0, 0.05) is 6.04 Å². The van der Waals surface area contributed by atoms with Crippen molar-refractivity contribution in [2.24, 2.45) is 0 Å². The van der Waals surface area contributed by atoms with Crippen molar-refractivity contribution in [3.05, 3.63) is 34.3 Å². The fraction of sp³-hybridized carbons (Fsp3) is 0.400. The van der Waals surface area contributed by atoms with E-state index in [1.165, 1.54) is 6.07 Å². The lowest BCUT2D eigenvalue weighted by Gasteiger charge is -2.28. The molecule has 1 aliphatic rings. The maximum absolute atomic E-state index is 12.5. The molecular weight excluding hydrogens is 227 g/mol. The number of benzene rings is 1. The predicted molar refractivity (Wildman–Crippen MR) is 51.8 cm³/mol. The largest absolute Gasteiger partial charge is 0.417 e. The van der Waals surface area contributed by atoms with Crippen LogP contribution < -0.4 is 5.32 Å². The molecule has 0 aliphatic carbocycles. The van der Waals surface area contributed by atoms with Crippen LogP contribution in [0.3, 0.4) is 0 Å². The first kappa shape index (κ1) is 10.8. The summed E-state index contributed by atoms with van der Waals surface area (Å²) in [7, 11) is 0. The summed E-state index contributed by atoms with van der Waals surface area (Å²) in [6.45, 7) is 0.856. The van der Waals surface area contributed by atoms with Gasteiger partial charge in [-0.3, -0.25) is 0 Å². The Hall–Kier alpha value is -0.740. The van der Waals surface area contributed by atoms with E-state index in [9.17, 15) is 13.2 Å². The van der Waals surface area contributed by atoms with Crippen LogP contribution in [0.5, 0.6) is 0 Å². The van der Waals surface area contributed by atoms with E-state index in [2.05, 4.69) is 5.32 Å². The molecule has 0 unspecified atom stereocenters. The van der Waals surface area contributed by atoms with Crippen molar-refractivity contribution in [2.75, 3.05) is 6.54 Å². The molecule has 0 bridgehead atoms. The van der Waals surface area contributed by atoms with E-state index in [4.69, 9.17) is 11.6 Å². The molecule has 0 radical (unpaired) electrons. The summed E-state index contributed by atoms with van der Waals surface area (Å²) in [5, 5.41) is 2.80. The second-order valence-electron chi connectivity index (χ2n) is 3.53. The smallest absolute Gasteiger partial charge is 0.310 e. The van der Waals surface area contributed by atoms with Crippen molar-refractivity contribution in [2.45, 2.75) is 18.6 Å². The Bertz CT molecular complexity index is 371. The number of halogens is 4. The monoisotopic (exact) mass is 235 g/mol. The van der Waals surface area contributed by atoms with E-state index >= 15 is 0 Å². The van der Waals surface area contributed by atoms with E-state index in [0.29, 0.717) is 5.56 Å². The van der Waals surface area contributed by atoms with E-state index < -0.39 is 11.7 Å². The zero-order valence-electron chi connectivity index (χ0n) is 7.74. The molecule has 0 aromatic heterocycles. The van der Waals surface area contributed by atoms with Crippen molar-refractivity contribution < 1.29 is 13.2 Å². The van der Waals surface area contributed by atoms with Crippen LogP contribution in [0.25, 0.3) is 0 Å². The Morgan fingerprint density at radius 1 is 1.33 bits per heavy atom. The highest BCUT2D eigenvalue weighted by Gasteiger charge is 2.34. The van der Waals surface area contributed by atoms with Crippen LogP contribution in [0.15, 0.2) is 18.2 Å². The third-order valence-corrected chi connectivity index (χ3v) is 2.85. The van der Waals surface area contributed by atoms with E-state index in [1.54, 1.807) is 6.07 Å². The van der Waals surface area contributed by atoms with Gasteiger partial charge in [-0.2, -0.15) is 13.2 Å². The maximum Gasteiger partial charge on any atom is 0.417 e. The first-order chi connectivity index (χ1) is 6.98. The second-order valence-corrected chi connectivity index (χ2v) is 3.94. The quantitative estimate of drug-likeness (QED) is 0.787. The van der Waals surface area contributed by atoms with Crippen molar-refractivity contribution in [1.29, 1.82) is 0 Å². The van der Waals surface area contributed by atoms with E-state index in [-0.39, 0.29) is 11.1 Å². The summed E-state index contributed by atoms with van der Waals surface area (Å²) in [6, 6.07) is 4.11. The third-order valence-electron chi connectivity index (χ3n) is 2.52. The topological polar surface area (TPSA) is 12.0 Å². The van der Waals surface area contributed by atoms with Crippen LogP contribution >= 0.6 is 11.6 Å². The summed E-state index contributed by atoms with van der Waals surface area (Å²) >= 11 is 5.51. The minimum Gasteiger partial charge on any atom is -0.310 e. The molecule has 1 aromatic carbocycles. The lowest BCUT2D eigenvalue weighted by Crippen LogP contribution is -2.35. The zero-order valence-corrected chi connectivity index (χ0v) is 8.49. The van der Waals surface area contributed by atoms with Crippen molar-refractivity contribution in [3.8, 4) is 0 Å². The maximum atomic E-state index is 12.5. The SMILES string of the molecule is FC(F)(F)c1cc([C@H]2CCN2)ccc1Cl.